The van der Waals surface area contributed by atoms with Gasteiger partial charge in [-0.2, -0.15) is 0 Å². The van der Waals surface area contributed by atoms with Crippen LogP contribution in [-0.2, 0) is 9.47 Å². The van der Waals surface area contributed by atoms with Crippen LogP contribution in [0.25, 0.3) is 12.2 Å². The van der Waals surface area contributed by atoms with Crippen LogP contribution >= 0.6 is 0 Å². The van der Waals surface area contributed by atoms with Crippen molar-refractivity contribution in [3.05, 3.63) is 77.6 Å². The fourth-order valence-corrected chi connectivity index (χ4v) is 1.91. The fourth-order valence-electron chi connectivity index (χ4n) is 1.91. The standard InChI is InChI=1S/C20H22O3/c1-20(2,22-3)23-19(15-17-7-5-4-6-8-17)14-11-16-9-12-18(21)13-10-16/h4-15,21H,1-3H3. The van der Waals surface area contributed by atoms with Crippen molar-refractivity contribution in [1.29, 1.82) is 0 Å². The Kier molecular flexibility index (Phi) is 5.61. The van der Waals surface area contributed by atoms with Gasteiger partial charge >= 0.3 is 0 Å². The summed E-state index contributed by atoms with van der Waals surface area (Å²) in [5.74, 6) is 0.218. The molecule has 0 fully saturated rings. The topological polar surface area (TPSA) is 38.7 Å². The molecule has 23 heavy (non-hydrogen) atoms. The van der Waals surface area contributed by atoms with Gasteiger partial charge in [0, 0.05) is 21.0 Å². The van der Waals surface area contributed by atoms with Gasteiger partial charge in [0.05, 0.1) is 0 Å². The molecule has 3 nitrogen and oxygen atoms in total. The van der Waals surface area contributed by atoms with Crippen molar-refractivity contribution in [3.63, 3.8) is 0 Å². The molecule has 0 aliphatic carbocycles. The van der Waals surface area contributed by atoms with E-state index in [-0.39, 0.29) is 5.75 Å². The van der Waals surface area contributed by atoms with Crippen molar-refractivity contribution in [2.24, 2.45) is 0 Å². The summed E-state index contributed by atoms with van der Waals surface area (Å²) < 4.78 is 11.3. The van der Waals surface area contributed by atoms with Crippen molar-refractivity contribution in [2.45, 2.75) is 19.6 Å². The second kappa shape index (κ2) is 7.65. The zero-order valence-electron chi connectivity index (χ0n) is 13.7. The minimum Gasteiger partial charge on any atom is -0.508 e. The molecule has 0 saturated heterocycles. The Hall–Kier alpha value is -2.52. The van der Waals surface area contributed by atoms with Crippen LogP contribution < -0.4 is 0 Å². The Balaban J connectivity index is 2.26. The summed E-state index contributed by atoms with van der Waals surface area (Å²) in [5, 5.41) is 9.34. The highest BCUT2D eigenvalue weighted by Gasteiger charge is 2.18. The minimum absolute atomic E-state index is 0.249. The van der Waals surface area contributed by atoms with E-state index in [4.69, 9.17) is 9.47 Å². The van der Waals surface area contributed by atoms with E-state index in [0.29, 0.717) is 5.76 Å². The zero-order chi connectivity index (χ0) is 16.7. The van der Waals surface area contributed by atoms with Crippen LogP contribution in [0.1, 0.15) is 25.0 Å². The molecule has 1 N–H and O–H groups in total. The third-order valence-corrected chi connectivity index (χ3v) is 3.30. The van der Waals surface area contributed by atoms with Crippen molar-refractivity contribution in [1.82, 2.24) is 0 Å². The second-order valence-corrected chi connectivity index (χ2v) is 5.59. The van der Waals surface area contributed by atoms with Crippen LogP contribution in [0.4, 0.5) is 0 Å². The molecule has 0 saturated carbocycles. The van der Waals surface area contributed by atoms with Crippen molar-refractivity contribution < 1.29 is 14.6 Å². The lowest BCUT2D eigenvalue weighted by Crippen LogP contribution is -2.25. The van der Waals surface area contributed by atoms with E-state index in [2.05, 4.69) is 0 Å². The van der Waals surface area contributed by atoms with Crippen molar-refractivity contribution in [2.75, 3.05) is 7.11 Å². The molecule has 2 rings (SSSR count). The Morgan fingerprint density at radius 3 is 2.22 bits per heavy atom. The van der Waals surface area contributed by atoms with Crippen LogP contribution in [0.2, 0.25) is 0 Å². The highest BCUT2D eigenvalue weighted by Crippen LogP contribution is 2.20. The number of allylic oxidation sites excluding steroid dienone is 1. The maximum absolute atomic E-state index is 9.34. The van der Waals surface area contributed by atoms with Gasteiger partial charge in [0.15, 0.2) is 0 Å². The van der Waals surface area contributed by atoms with E-state index in [1.165, 1.54) is 0 Å². The first-order valence-electron chi connectivity index (χ1n) is 7.46. The number of phenols is 1. The average molecular weight is 310 g/mol. The van der Waals surface area contributed by atoms with Crippen LogP contribution in [-0.4, -0.2) is 18.0 Å². The Bertz CT molecular complexity index is 668. The Morgan fingerprint density at radius 1 is 0.957 bits per heavy atom. The third kappa shape index (κ3) is 5.64. The summed E-state index contributed by atoms with van der Waals surface area (Å²) in [6.45, 7) is 3.72. The van der Waals surface area contributed by atoms with Crippen LogP contribution in [0, 0.1) is 0 Å². The van der Waals surface area contributed by atoms with E-state index in [1.807, 2.05) is 74.5 Å². The van der Waals surface area contributed by atoms with E-state index >= 15 is 0 Å². The summed E-state index contributed by atoms with van der Waals surface area (Å²) in [5.41, 5.74) is 2.02. The van der Waals surface area contributed by atoms with Gasteiger partial charge in [-0.05, 0) is 35.4 Å². The molecular formula is C20H22O3. The van der Waals surface area contributed by atoms with E-state index in [1.54, 1.807) is 19.2 Å². The van der Waals surface area contributed by atoms with Gasteiger partial charge in [-0.25, -0.2) is 0 Å². The zero-order valence-corrected chi connectivity index (χ0v) is 13.7. The maximum Gasteiger partial charge on any atom is 0.204 e. The number of ether oxygens (including phenoxy) is 2. The lowest BCUT2D eigenvalue weighted by Gasteiger charge is -2.25. The molecule has 0 spiro atoms. The van der Waals surface area contributed by atoms with Gasteiger partial charge in [0.2, 0.25) is 5.79 Å². The van der Waals surface area contributed by atoms with Crippen LogP contribution in [0.5, 0.6) is 5.75 Å². The first-order valence-corrected chi connectivity index (χ1v) is 7.46. The number of aromatic hydroxyl groups is 1. The number of rotatable bonds is 6. The van der Waals surface area contributed by atoms with Gasteiger partial charge in [-0.1, -0.05) is 48.5 Å². The molecule has 120 valence electrons. The SMILES string of the molecule is COC(C)(C)OC(C=Cc1ccc(O)cc1)=Cc1ccccc1. The van der Waals surface area contributed by atoms with E-state index in [9.17, 15) is 5.11 Å². The molecule has 0 heterocycles. The van der Waals surface area contributed by atoms with Crippen molar-refractivity contribution >= 4 is 12.2 Å². The summed E-state index contributed by atoms with van der Waals surface area (Å²) in [4.78, 5) is 0. The number of hydrogen-bond donors (Lipinski definition) is 1. The molecule has 0 aromatic heterocycles. The largest absolute Gasteiger partial charge is 0.508 e. The summed E-state index contributed by atoms with van der Waals surface area (Å²) in [6.07, 6.45) is 5.78. The van der Waals surface area contributed by atoms with Gasteiger partial charge in [0.25, 0.3) is 0 Å². The molecule has 0 aliphatic rings. The fraction of sp³-hybridized carbons (Fsp3) is 0.200. The molecule has 0 unspecified atom stereocenters. The molecule has 2 aromatic carbocycles. The van der Waals surface area contributed by atoms with E-state index in [0.717, 1.165) is 11.1 Å². The van der Waals surface area contributed by atoms with Crippen molar-refractivity contribution in [3.8, 4) is 5.75 Å². The van der Waals surface area contributed by atoms with Gasteiger partial charge in [0.1, 0.15) is 11.5 Å². The lowest BCUT2D eigenvalue weighted by molar-refractivity contribution is -0.167. The third-order valence-electron chi connectivity index (χ3n) is 3.30. The number of phenolic OH excluding ortho intramolecular Hbond substituents is 1. The molecule has 0 atom stereocenters. The van der Waals surface area contributed by atoms with Gasteiger partial charge < -0.3 is 14.6 Å². The Morgan fingerprint density at radius 2 is 1.61 bits per heavy atom. The number of hydrogen-bond acceptors (Lipinski definition) is 3. The molecule has 0 radical (unpaired) electrons. The minimum atomic E-state index is -0.722. The highest BCUT2D eigenvalue weighted by atomic mass is 16.7. The predicted molar refractivity (Wildman–Crippen MR) is 93.7 cm³/mol. The second-order valence-electron chi connectivity index (χ2n) is 5.59. The predicted octanol–water partition coefficient (Wildman–Crippen LogP) is 4.85. The number of benzene rings is 2. The van der Waals surface area contributed by atoms with Crippen LogP contribution in [0.3, 0.4) is 0 Å². The van der Waals surface area contributed by atoms with Gasteiger partial charge in [-0.3, -0.25) is 0 Å². The maximum atomic E-state index is 9.34. The molecule has 3 heteroatoms. The molecule has 0 bridgehead atoms. The lowest BCUT2D eigenvalue weighted by atomic mass is 10.1. The molecule has 0 aliphatic heterocycles. The summed E-state index contributed by atoms with van der Waals surface area (Å²) in [6, 6.07) is 16.9. The smallest absolute Gasteiger partial charge is 0.204 e. The normalized spacial score (nSPS) is 12.6. The van der Waals surface area contributed by atoms with E-state index < -0.39 is 5.79 Å². The molecular weight excluding hydrogens is 288 g/mol. The summed E-state index contributed by atoms with van der Waals surface area (Å²) in [7, 11) is 1.61. The number of methoxy groups -OCH3 is 1. The average Bonchev–Trinajstić information content (AvgIpc) is 2.55. The molecule has 0 amide bonds. The monoisotopic (exact) mass is 310 g/mol. The summed E-state index contributed by atoms with van der Waals surface area (Å²) >= 11 is 0. The van der Waals surface area contributed by atoms with Crippen LogP contribution in [0.15, 0.2) is 66.4 Å². The van der Waals surface area contributed by atoms with Gasteiger partial charge in [-0.15, -0.1) is 0 Å². The Labute approximate surface area is 137 Å². The first kappa shape index (κ1) is 16.8. The highest BCUT2D eigenvalue weighted by molar-refractivity contribution is 5.60. The first-order chi connectivity index (χ1) is 11.0. The quantitative estimate of drug-likeness (QED) is 0.471. The molecule has 2 aromatic rings.